The molecule has 0 fully saturated rings. The van der Waals surface area contributed by atoms with Gasteiger partial charge in [-0.2, -0.15) is 0 Å². The van der Waals surface area contributed by atoms with Crippen molar-refractivity contribution in [1.29, 1.82) is 0 Å². The van der Waals surface area contributed by atoms with Crippen LogP contribution in [0.25, 0.3) is 10.9 Å². The lowest BCUT2D eigenvalue weighted by Crippen LogP contribution is -2.16. The van der Waals surface area contributed by atoms with Crippen LogP contribution in [0.15, 0.2) is 30.5 Å². The van der Waals surface area contributed by atoms with E-state index >= 15 is 0 Å². The molecule has 1 N–H and O–H groups in total. The van der Waals surface area contributed by atoms with E-state index in [0.717, 1.165) is 16.9 Å². The van der Waals surface area contributed by atoms with Crippen LogP contribution in [0.5, 0.6) is 0 Å². The monoisotopic (exact) mass is 243 g/mol. The van der Waals surface area contributed by atoms with E-state index < -0.39 is 0 Å². The predicted octanol–water partition coefficient (Wildman–Crippen LogP) is 4.01. The lowest BCUT2D eigenvalue weighted by molar-refractivity contribution is 0.612. The number of hydrogen-bond donors (Lipinski definition) is 1. The van der Waals surface area contributed by atoms with Crippen molar-refractivity contribution in [3.63, 3.8) is 0 Å². The van der Waals surface area contributed by atoms with E-state index in [1.54, 1.807) is 0 Å². The third-order valence-corrected chi connectivity index (χ3v) is 3.11. The van der Waals surface area contributed by atoms with E-state index in [-0.39, 0.29) is 0 Å². The van der Waals surface area contributed by atoms with Gasteiger partial charge in [0.15, 0.2) is 0 Å². The highest BCUT2D eigenvalue weighted by molar-refractivity contribution is 5.78. The fraction of sp³-hybridized carbons (Fsp3) is 0.467. The van der Waals surface area contributed by atoms with Gasteiger partial charge < -0.3 is 5.32 Å². The highest BCUT2D eigenvalue weighted by Gasteiger charge is 2.04. The summed E-state index contributed by atoms with van der Waals surface area (Å²) in [5.74, 6) is 0.734. The van der Waals surface area contributed by atoms with Gasteiger partial charge in [-0.1, -0.05) is 44.4 Å². The van der Waals surface area contributed by atoms with E-state index in [9.17, 15) is 0 Å². The summed E-state index contributed by atoms with van der Waals surface area (Å²) in [6.07, 6.45) is 6.87. The molecule has 0 spiro atoms. The van der Waals surface area contributed by atoms with Gasteiger partial charge in [0.05, 0.1) is 5.52 Å². The number of anilines is 1. The van der Waals surface area contributed by atoms with Crippen LogP contribution in [-0.2, 0) is 0 Å². The van der Waals surface area contributed by atoms with Crippen molar-refractivity contribution in [2.45, 2.75) is 45.6 Å². The Hall–Kier alpha value is -1.64. The smallest absolute Gasteiger partial charge is 0.223 e. The summed E-state index contributed by atoms with van der Waals surface area (Å²) in [7, 11) is 0. The molecular weight excluding hydrogens is 222 g/mol. The van der Waals surface area contributed by atoms with Crippen molar-refractivity contribution in [1.82, 2.24) is 9.97 Å². The van der Waals surface area contributed by atoms with Crippen molar-refractivity contribution < 1.29 is 0 Å². The number of nitrogens with zero attached hydrogens (tertiary/aromatic N) is 2. The zero-order chi connectivity index (χ0) is 12.8. The molecule has 96 valence electrons. The van der Waals surface area contributed by atoms with Gasteiger partial charge in [0, 0.05) is 17.6 Å². The molecule has 2 rings (SSSR count). The Labute approximate surface area is 109 Å². The van der Waals surface area contributed by atoms with E-state index in [2.05, 4.69) is 29.1 Å². The first kappa shape index (κ1) is 12.8. The number of benzene rings is 1. The second kappa shape index (κ2) is 6.34. The average molecular weight is 243 g/mol. The molecule has 0 radical (unpaired) electrons. The normalized spacial score (nSPS) is 12.6. The molecule has 0 aliphatic carbocycles. The summed E-state index contributed by atoms with van der Waals surface area (Å²) >= 11 is 0. The average Bonchev–Trinajstić information content (AvgIpc) is 2.39. The molecule has 1 atom stereocenters. The number of fused-ring (bicyclic) bond motifs is 1. The molecule has 2 aromatic rings. The maximum atomic E-state index is 4.52. The lowest BCUT2D eigenvalue weighted by Gasteiger charge is -2.13. The Balaban J connectivity index is 1.98. The highest BCUT2D eigenvalue weighted by atomic mass is 15.1. The van der Waals surface area contributed by atoms with Crippen LogP contribution in [-0.4, -0.2) is 16.0 Å². The summed E-state index contributed by atoms with van der Waals surface area (Å²) in [5, 5.41) is 4.46. The van der Waals surface area contributed by atoms with Crippen molar-refractivity contribution in [3.8, 4) is 0 Å². The fourth-order valence-corrected chi connectivity index (χ4v) is 2.03. The number of rotatable bonds is 6. The number of nitrogens with one attached hydrogen (secondary N) is 1. The summed E-state index contributed by atoms with van der Waals surface area (Å²) in [6.45, 7) is 4.42. The van der Waals surface area contributed by atoms with E-state index in [1.165, 1.54) is 25.7 Å². The van der Waals surface area contributed by atoms with Gasteiger partial charge in [0.1, 0.15) is 0 Å². The molecule has 3 nitrogen and oxygen atoms in total. The maximum absolute atomic E-state index is 4.52. The maximum Gasteiger partial charge on any atom is 0.223 e. The van der Waals surface area contributed by atoms with Gasteiger partial charge in [-0.3, -0.25) is 0 Å². The molecule has 0 saturated heterocycles. The molecule has 18 heavy (non-hydrogen) atoms. The first-order valence-electron chi connectivity index (χ1n) is 6.78. The second-order valence-electron chi connectivity index (χ2n) is 4.79. The molecule has 3 heteroatoms. The number of aromatic nitrogens is 2. The third-order valence-electron chi connectivity index (χ3n) is 3.11. The number of hydrogen-bond acceptors (Lipinski definition) is 3. The zero-order valence-electron chi connectivity index (χ0n) is 11.2. The summed E-state index contributed by atoms with van der Waals surface area (Å²) in [4.78, 5) is 8.87. The van der Waals surface area contributed by atoms with Crippen molar-refractivity contribution >= 4 is 16.9 Å². The molecule has 0 saturated carbocycles. The minimum Gasteiger partial charge on any atom is -0.352 e. The molecule has 0 bridgehead atoms. The molecule has 1 aromatic heterocycles. The topological polar surface area (TPSA) is 37.8 Å². The Kier molecular flexibility index (Phi) is 4.51. The second-order valence-corrected chi connectivity index (χ2v) is 4.79. The van der Waals surface area contributed by atoms with Crippen LogP contribution in [0.2, 0.25) is 0 Å². The van der Waals surface area contributed by atoms with Gasteiger partial charge in [-0.15, -0.1) is 0 Å². The molecule has 0 aliphatic heterocycles. The van der Waals surface area contributed by atoms with Gasteiger partial charge >= 0.3 is 0 Å². The Bertz CT molecular complexity index is 496. The first-order valence-corrected chi connectivity index (χ1v) is 6.78. The van der Waals surface area contributed by atoms with Gasteiger partial charge in [-0.25, -0.2) is 9.97 Å². The number of unbranched alkanes of at least 4 members (excludes halogenated alkanes) is 2. The lowest BCUT2D eigenvalue weighted by atomic mass is 10.1. The standard InChI is InChI=1S/C15H21N3/c1-3-4-5-8-12(2)17-15-16-11-13-9-6-7-10-14(13)18-15/h6-7,9-12H,3-5,8H2,1-2H3,(H,16,17,18). The third kappa shape index (κ3) is 3.42. The zero-order valence-corrected chi connectivity index (χ0v) is 11.2. The van der Waals surface area contributed by atoms with Gasteiger partial charge in [-0.05, 0) is 19.4 Å². The minimum atomic E-state index is 0.428. The van der Waals surface area contributed by atoms with E-state index in [0.29, 0.717) is 6.04 Å². The van der Waals surface area contributed by atoms with Crippen LogP contribution >= 0.6 is 0 Å². The predicted molar refractivity (Wildman–Crippen MR) is 76.8 cm³/mol. The van der Waals surface area contributed by atoms with Crippen LogP contribution in [0, 0.1) is 0 Å². The van der Waals surface area contributed by atoms with Crippen molar-refractivity contribution in [3.05, 3.63) is 30.5 Å². The Morgan fingerprint density at radius 1 is 1.22 bits per heavy atom. The van der Waals surface area contributed by atoms with Crippen molar-refractivity contribution in [2.24, 2.45) is 0 Å². The summed E-state index contributed by atoms with van der Waals surface area (Å²) in [5.41, 5.74) is 0.996. The van der Waals surface area contributed by atoms with Gasteiger partial charge in [0.2, 0.25) is 5.95 Å². The van der Waals surface area contributed by atoms with E-state index in [4.69, 9.17) is 0 Å². The number of para-hydroxylation sites is 1. The quantitative estimate of drug-likeness (QED) is 0.779. The van der Waals surface area contributed by atoms with Crippen LogP contribution < -0.4 is 5.32 Å². The Morgan fingerprint density at radius 3 is 2.89 bits per heavy atom. The summed E-state index contributed by atoms with van der Waals surface area (Å²) < 4.78 is 0. The SMILES string of the molecule is CCCCCC(C)Nc1ncc2ccccc2n1. The Morgan fingerprint density at radius 2 is 2.06 bits per heavy atom. The van der Waals surface area contributed by atoms with Crippen LogP contribution in [0.4, 0.5) is 5.95 Å². The van der Waals surface area contributed by atoms with Crippen molar-refractivity contribution in [2.75, 3.05) is 5.32 Å². The molecular formula is C15H21N3. The molecule has 1 heterocycles. The molecule has 0 amide bonds. The highest BCUT2D eigenvalue weighted by Crippen LogP contribution is 2.13. The molecule has 1 aromatic carbocycles. The largest absolute Gasteiger partial charge is 0.352 e. The first-order chi connectivity index (χ1) is 8.79. The molecule has 1 unspecified atom stereocenters. The van der Waals surface area contributed by atoms with Gasteiger partial charge in [0.25, 0.3) is 0 Å². The van der Waals surface area contributed by atoms with Crippen LogP contribution in [0.3, 0.4) is 0 Å². The summed E-state index contributed by atoms with van der Waals surface area (Å²) in [6, 6.07) is 8.49. The molecule has 0 aliphatic rings. The fourth-order valence-electron chi connectivity index (χ4n) is 2.03. The van der Waals surface area contributed by atoms with E-state index in [1.807, 2.05) is 30.5 Å². The van der Waals surface area contributed by atoms with Crippen LogP contribution in [0.1, 0.15) is 39.5 Å². The minimum absolute atomic E-state index is 0.428.